The number of hydrogen-bond acceptors (Lipinski definition) is 2. The summed E-state index contributed by atoms with van der Waals surface area (Å²) in [5.74, 6) is 1.24. The summed E-state index contributed by atoms with van der Waals surface area (Å²) < 4.78 is 2.14. The maximum absolute atomic E-state index is 8.86. The van der Waals surface area contributed by atoms with Gasteiger partial charge in [0.05, 0.1) is 28.5 Å². The third-order valence-electron chi connectivity index (χ3n) is 3.53. The lowest BCUT2D eigenvalue weighted by molar-refractivity contribution is 0.778. The molecule has 0 unspecified atom stereocenters. The molecule has 2 aromatic carbocycles. The number of imidazole rings is 1. The van der Waals surface area contributed by atoms with Crippen LogP contribution in [0.15, 0.2) is 42.5 Å². The predicted molar refractivity (Wildman–Crippen MR) is 84.3 cm³/mol. The zero-order chi connectivity index (χ0) is 14.8. The van der Waals surface area contributed by atoms with Crippen molar-refractivity contribution in [1.82, 2.24) is 9.55 Å². The number of hydrogen-bond donors (Lipinski definition) is 0. The fourth-order valence-corrected chi connectivity index (χ4v) is 2.63. The fraction of sp³-hybridized carbons (Fsp3) is 0.176. The van der Waals surface area contributed by atoms with Gasteiger partial charge in [-0.05, 0) is 42.3 Å². The third kappa shape index (κ3) is 2.63. The quantitative estimate of drug-likeness (QED) is 0.685. The van der Waals surface area contributed by atoms with E-state index in [9.17, 15) is 0 Å². The van der Waals surface area contributed by atoms with Gasteiger partial charge in [0.25, 0.3) is 0 Å². The second-order valence-electron chi connectivity index (χ2n) is 5.05. The molecule has 3 nitrogen and oxygen atoms in total. The van der Waals surface area contributed by atoms with Crippen molar-refractivity contribution < 1.29 is 0 Å². The number of alkyl halides is 1. The van der Waals surface area contributed by atoms with Gasteiger partial charge in [-0.25, -0.2) is 4.98 Å². The van der Waals surface area contributed by atoms with Gasteiger partial charge in [0, 0.05) is 6.54 Å². The van der Waals surface area contributed by atoms with Crippen molar-refractivity contribution in [2.75, 3.05) is 0 Å². The molecule has 4 heteroatoms. The van der Waals surface area contributed by atoms with Gasteiger partial charge in [-0.3, -0.25) is 0 Å². The van der Waals surface area contributed by atoms with Crippen LogP contribution in [-0.4, -0.2) is 9.55 Å². The van der Waals surface area contributed by atoms with Crippen molar-refractivity contribution in [3.8, 4) is 6.07 Å². The molecule has 0 aliphatic heterocycles. The molecule has 0 radical (unpaired) electrons. The van der Waals surface area contributed by atoms with Crippen LogP contribution < -0.4 is 0 Å². The summed E-state index contributed by atoms with van der Waals surface area (Å²) in [5.41, 5.74) is 5.05. The molecule has 3 aromatic rings. The molecular formula is C17H14ClN3. The van der Waals surface area contributed by atoms with Crippen LogP contribution in [0.3, 0.4) is 0 Å². The first-order valence-corrected chi connectivity index (χ1v) is 7.25. The molecule has 0 atom stereocenters. The molecule has 0 saturated heterocycles. The molecule has 0 amide bonds. The minimum absolute atomic E-state index is 0.379. The van der Waals surface area contributed by atoms with Crippen molar-refractivity contribution in [3.05, 3.63) is 65.0 Å². The van der Waals surface area contributed by atoms with Gasteiger partial charge in [-0.1, -0.05) is 18.2 Å². The zero-order valence-electron chi connectivity index (χ0n) is 11.7. The summed E-state index contributed by atoms with van der Waals surface area (Å²) in [7, 11) is 0. The van der Waals surface area contributed by atoms with Gasteiger partial charge in [0.1, 0.15) is 5.82 Å². The van der Waals surface area contributed by atoms with Crippen LogP contribution in [0.2, 0.25) is 0 Å². The average Bonchev–Trinajstić information content (AvgIpc) is 2.85. The largest absolute Gasteiger partial charge is 0.322 e. The Hall–Kier alpha value is -2.31. The lowest BCUT2D eigenvalue weighted by Gasteiger charge is -2.08. The van der Waals surface area contributed by atoms with E-state index in [1.807, 2.05) is 30.3 Å². The van der Waals surface area contributed by atoms with E-state index in [1.54, 1.807) is 0 Å². The molecule has 3 rings (SSSR count). The fourth-order valence-electron chi connectivity index (χ4n) is 2.43. The van der Waals surface area contributed by atoms with E-state index in [4.69, 9.17) is 16.9 Å². The monoisotopic (exact) mass is 295 g/mol. The van der Waals surface area contributed by atoms with Crippen LogP contribution in [0, 0.1) is 18.3 Å². The van der Waals surface area contributed by atoms with Crippen molar-refractivity contribution in [3.63, 3.8) is 0 Å². The summed E-state index contributed by atoms with van der Waals surface area (Å²) >= 11 is 6.03. The molecule has 104 valence electrons. The Morgan fingerprint density at radius 3 is 2.62 bits per heavy atom. The van der Waals surface area contributed by atoms with E-state index in [-0.39, 0.29) is 0 Å². The highest BCUT2D eigenvalue weighted by atomic mass is 35.5. The van der Waals surface area contributed by atoms with E-state index in [0.717, 1.165) is 22.4 Å². The van der Waals surface area contributed by atoms with Gasteiger partial charge in [0.15, 0.2) is 0 Å². The van der Waals surface area contributed by atoms with Gasteiger partial charge in [-0.15, -0.1) is 11.6 Å². The Kier molecular flexibility index (Phi) is 3.64. The van der Waals surface area contributed by atoms with E-state index in [2.05, 4.69) is 34.7 Å². The highest BCUT2D eigenvalue weighted by molar-refractivity contribution is 6.16. The number of nitrogens with zero attached hydrogens (tertiary/aromatic N) is 3. The number of halogens is 1. The van der Waals surface area contributed by atoms with Gasteiger partial charge < -0.3 is 4.57 Å². The molecule has 1 heterocycles. The van der Waals surface area contributed by atoms with Crippen molar-refractivity contribution in [1.29, 1.82) is 5.26 Å². The van der Waals surface area contributed by atoms with E-state index in [0.29, 0.717) is 18.0 Å². The molecule has 0 bridgehead atoms. The summed E-state index contributed by atoms with van der Waals surface area (Å²) in [5, 5.41) is 8.86. The SMILES string of the molecule is Cc1ccc2nc(CCl)n(Cc3ccc(C#N)cc3)c2c1. The van der Waals surface area contributed by atoms with Crippen LogP contribution in [0.1, 0.15) is 22.5 Å². The predicted octanol–water partition coefficient (Wildman–Crippen LogP) is 4.00. The van der Waals surface area contributed by atoms with Gasteiger partial charge in [-0.2, -0.15) is 5.26 Å². The second-order valence-corrected chi connectivity index (χ2v) is 5.32. The Labute approximate surface area is 128 Å². The van der Waals surface area contributed by atoms with Crippen LogP contribution >= 0.6 is 11.6 Å². The minimum Gasteiger partial charge on any atom is -0.322 e. The average molecular weight is 296 g/mol. The normalized spacial score (nSPS) is 10.7. The number of benzene rings is 2. The van der Waals surface area contributed by atoms with Crippen LogP contribution in [0.5, 0.6) is 0 Å². The van der Waals surface area contributed by atoms with Crippen molar-refractivity contribution in [2.45, 2.75) is 19.3 Å². The molecular weight excluding hydrogens is 282 g/mol. The summed E-state index contributed by atoms with van der Waals surface area (Å²) in [4.78, 5) is 4.58. The van der Waals surface area contributed by atoms with Crippen LogP contribution in [-0.2, 0) is 12.4 Å². The Balaban J connectivity index is 2.05. The number of aromatic nitrogens is 2. The van der Waals surface area contributed by atoms with Crippen LogP contribution in [0.25, 0.3) is 11.0 Å². The van der Waals surface area contributed by atoms with E-state index >= 15 is 0 Å². The zero-order valence-corrected chi connectivity index (χ0v) is 12.4. The smallest absolute Gasteiger partial charge is 0.125 e. The first-order valence-electron chi connectivity index (χ1n) is 6.72. The topological polar surface area (TPSA) is 41.6 Å². The molecule has 0 aliphatic rings. The summed E-state index contributed by atoms with van der Waals surface area (Å²) in [6.07, 6.45) is 0. The lowest BCUT2D eigenvalue weighted by atomic mass is 10.1. The Morgan fingerprint density at radius 1 is 1.19 bits per heavy atom. The van der Waals surface area contributed by atoms with Crippen LogP contribution in [0.4, 0.5) is 0 Å². The van der Waals surface area contributed by atoms with E-state index in [1.165, 1.54) is 5.56 Å². The van der Waals surface area contributed by atoms with Crippen molar-refractivity contribution in [2.24, 2.45) is 0 Å². The van der Waals surface area contributed by atoms with Gasteiger partial charge >= 0.3 is 0 Å². The first-order chi connectivity index (χ1) is 10.2. The Morgan fingerprint density at radius 2 is 1.95 bits per heavy atom. The minimum atomic E-state index is 0.379. The molecule has 0 spiro atoms. The molecule has 0 N–H and O–H groups in total. The maximum atomic E-state index is 8.86. The molecule has 21 heavy (non-hydrogen) atoms. The Bertz CT molecular complexity index is 826. The standard InChI is InChI=1S/C17H14ClN3/c1-12-2-7-15-16(8-12)21(17(9-18)20-15)11-14-5-3-13(10-19)4-6-14/h2-8H,9,11H2,1H3. The summed E-state index contributed by atoms with van der Waals surface area (Å²) in [6.45, 7) is 2.77. The molecule has 1 aromatic heterocycles. The molecule has 0 fully saturated rings. The molecule has 0 aliphatic carbocycles. The highest BCUT2D eigenvalue weighted by Crippen LogP contribution is 2.20. The highest BCUT2D eigenvalue weighted by Gasteiger charge is 2.10. The number of nitriles is 1. The second kappa shape index (κ2) is 5.59. The first kappa shape index (κ1) is 13.7. The van der Waals surface area contributed by atoms with E-state index < -0.39 is 0 Å². The number of rotatable bonds is 3. The number of fused-ring (bicyclic) bond motifs is 1. The maximum Gasteiger partial charge on any atom is 0.125 e. The van der Waals surface area contributed by atoms with Gasteiger partial charge in [0.2, 0.25) is 0 Å². The lowest BCUT2D eigenvalue weighted by Crippen LogP contribution is -2.04. The van der Waals surface area contributed by atoms with Crippen molar-refractivity contribution >= 4 is 22.6 Å². The summed E-state index contributed by atoms with van der Waals surface area (Å²) in [6, 6.07) is 15.9. The molecule has 0 saturated carbocycles. The third-order valence-corrected chi connectivity index (χ3v) is 3.77. The number of aryl methyl sites for hydroxylation is 1.